The highest BCUT2D eigenvalue weighted by Gasteiger charge is 2.47. The van der Waals surface area contributed by atoms with Crippen LogP contribution in [0, 0.1) is 11.3 Å². The Morgan fingerprint density at radius 2 is 1.64 bits per heavy atom. The Kier molecular flexibility index (Phi) is 5.39. The molecule has 0 atom stereocenters. The summed E-state index contributed by atoms with van der Waals surface area (Å²) in [5.74, 6) is 0.782. The number of carbonyl (C=O) groups excluding carboxylic acids is 1. The number of nitrogens with zero attached hydrogens (tertiary/aromatic N) is 1. The molecule has 3 rings (SSSR count). The van der Waals surface area contributed by atoms with Crippen LogP contribution in [-0.2, 0) is 4.74 Å². The van der Waals surface area contributed by atoms with Crippen LogP contribution >= 0.6 is 0 Å². The molecule has 0 bridgehead atoms. The fourth-order valence-corrected chi connectivity index (χ4v) is 4.91. The Morgan fingerprint density at radius 1 is 1.04 bits per heavy atom. The lowest BCUT2D eigenvalue weighted by Gasteiger charge is -2.48. The van der Waals surface area contributed by atoms with Crippen molar-refractivity contribution < 1.29 is 14.6 Å². The predicted octanol–water partition coefficient (Wildman–Crippen LogP) is 4.89. The Labute approximate surface area is 153 Å². The Morgan fingerprint density at radius 3 is 2.16 bits per heavy atom. The summed E-state index contributed by atoms with van der Waals surface area (Å²) in [6, 6.07) is 0. The lowest BCUT2D eigenvalue weighted by atomic mass is 9.61. The fraction of sp³-hybridized carbons (Fsp3) is 0.952. The first-order chi connectivity index (χ1) is 11.7. The summed E-state index contributed by atoms with van der Waals surface area (Å²) in [5, 5.41) is 10.4. The summed E-state index contributed by atoms with van der Waals surface area (Å²) in [6.07, 6.45) is 12.8. The molecule has 0 radical (unpaired) electrons. The quantitative estimate of drug-likeness (QED) is 0.784. The zero-order valence-corrected chi connectivity index (χ0v) is 16.5. The highest BCUT2D eigenvalue weighted by molar-refractivity contribution is 5.68. The predicted molar refractivity (Wildman–Crippen MR) is 99.5 cm³/mol. The molecule has 1 aliphatic heterocycles. The maximum atomic E-state index is 12.4. The molecule has 3 aliphatic rings. The summed E-state index contributed by atoms with van der Waals surface area (Å²) < 4.78 is 5.56. The molecule has 1 saturated heterocycles. The number of amides is 1. The first kappa shape index (κ1) is 19.0. The second-order valence-electron chi connectivity index (χ2n) is 9.89. The van der Waals surface area contributed by atoms with Gasteiger partial charge in [0.2, 0.25) is 0 Å². The van der Waals surface area contributed by atoms with E-state index in [1.807, 2.05) is 25.7 Å². The third kappa shape index (κ3) is 4.90. The van der Waals surface area contributed by atoms with E-state index in [-0.39, 0.29) is 11.7 Å². The molecule has 0 aromatic heterocycles. The fourth-order valence-electron chi connectivity index (χ4n) is 4.91. The van der Waals surface area contributed by atoms with E-state index in [1.165, 1.54) is 32.1 Å². The molecule has 144 valence electrons. The number of likely N-dealkylation sites (tertiary alicyclic amines) is 1. The van der Waals surface area contributed by atoms with Crippen LogP contribution in [-0.4, -0.2) is 40.4 Å². The van der Waals surface area contributed by atoms with Gasteiger partial charge in [-0.05, 0) is 83.5 Å². The van der Waals surface area contributed by atoms with Crippen molar-refractivity contribution in [1.29, 1.82) is 0 Å². The summed E-state index contributed by atoms with van der Waals surface area (Å²) >= 11 is 0. The van der Waals surface area contributed by atoms with E-state index >= 15 is 0 Å². The van der Waals surface area contributed by atoms with Crippen LogP contribution < -0.4 is 0 Å². The average molecular weight is 352 g/mol. The number of carbonyl (C=O) groups is 1. The van der Waals surface area contributed by atoms with Crippen LogP contribution in [0.4, 0.5) is 4.79 Å². The maximum absolute atomic E-state index is 12.4. The number of ether oxygens (including phenoxy) is 1. The Hall–Kier alpha value is -0.770. The van der Waals surface area contributed by atoms with Gasteiger partial charge in [-0.2, -0.15) is 0 Å². The molecule has 2 aliphatic carbocycles. The zero-order valence-electron chi connectivity index (χ0n) is 16.5. The van der Waals surface area contributed by atoms with Crippen LogP contribution in [0.1, 0.15) is 91.4 Å². The lowest BCUT2D eigenvalue weighted by Crippen LogP contribution is -2.48. The Bertz CT molecular complexity index is 464. The van der Waals surface area contributed by atoms with E-state index in [9.17, 15) is 9.90 Å². The van der Waals surface area contributed by atoms with Crippen molar-refractivity contribution in [3.05, 3.63) is 0 Å². The SMILES string of the molecule is CC(C)(C)OC(=O)N1CCC(CCC2(O)CC2)(C2CCCCC2)CC1. The van der Waals surface area contributed by atoms with Gasteiger partial charge in [-0.3, -0.25) is 0 Å². The summed E-state index contributed by atoms with van der Waals surface area (Å²) in [4.78, 5) is 14.3. The first-order valence-corrected chi connectivity index (χ1v) is 10.4. The Balaban J connectivity index is 1.62. The molecule has 0 spiro atoms. The molecule has 25 heavy (non-hydrogen) atoms. The van der Waals surface area contributed by atoms with E-state index < -0.39 is 5.60 Å². The molecule has 1 N–H and O–H groups in total. The van der Waals surface area contributed by atoms with Crippen molar-refractivity contribution in [1.82, 2.24) is 4.90 Å². The molecule has 0 aromatic rings. The molecule has 1 amide bonds. The van der Waals surface area contributed by atoms with Gasteiger partial charge in [0, 0.05) is 13.1 Å². The molecule has 4 heteroatoms. The van der Waals surface area contributed by atoms with Crippen molar-refractivity contribution in [2.75, 3.05) is 13.1 Å². The second kappa shape index (κ2) is 7.09. The van der Waals surface area contributed by atoms with E-state index in [4.69, 9.17) is 4.74 Å². The van der Waals surface area contributed by atoms with Crippen molar-refractivity contribution in [3.63, 3.8) is 0 Å². The van der Waals surface area contributed by atoms with Gasteiger partial charge < -0.3 is 14.7 Å². The highest BCUT2D eigenvalue weighted by Crippen LogP contribution is 2.52. The molecule has 0 unspecified atom stereocenters. The highest BCUT2D eigenvalue weighted by atomic mass is 16.6. The number of hydrogen-bond acceptors (Lipinski definition) is 3. The molecule has 4 nitrogen and oxygen atoms in total. The summed E-state index contributed by atoms with van der Waals surface area (Å²) in [6.45, 7) is 7.40. The third-order valence-electron chi connectivity index (χ3n) is 6.80. The minimum atomic E-state index is -0.426. The minimum absolute atomic E-state index is 0.162. The van der Waals surface area contributed by atoms with Crippen molar-refractivity contribution in [2.24, 2.45) is 11.3 Å². The van der Waals surface area contributed by atoms with Crippen molar-refractivity contribution in [3.8, 4) is 0 Å². The molecule has 3 fully saturated rings. The molecule has 1 heterocycles. The van der Waals surface area contributed by atoms with E-state index in [0.29, 0.717) is 5.41 Å². The van der Waals surface area contributed by atoms with Crippen LogP contribution in [0.5, 0.6) is 0 Å². The van der Waals surface area contributed by atoms with Gasteiger partial charge in [-0.15, -0.1) is 0 Å². The number of hydrogen-bond donors (Lipinski definition) is 1. The maximum Gasteiger partial charge on any atom is 0.410 e. The van der Waals surface area contributed by atoms with Crippen LogP contribution in [0.25, 0.3) is 0 Å². The van der Waals surface area contributed by atoms with Crippen LogP contribution in [0.2, 0.25) is 0 Å². The third-order valence-corrected chi connectivity index (χ3v) is 6.80. The topological polar surface area (TPSA) is 49.8 Å². The number of rotatable bonds is 4. The van der Waals surface area contributed by atoms with Gasteiger partial charge >= 0.3 is 6.09 Å². The monoisotopic (exact) mass is 351 g/mol. The van der Waals surface area contributed by atoms with E-state index in [2.05, 4.69) is 0 Å². The summed E-state index contributed by atoms with van der Waals surface area (Å²) in [5.41, 5.74) is -0.453. The largest absolute Gasteiger partial charge is 0.444 e. The van der Waals surface area contributed by atoms with Crippen LogP contribution in [0.15, 0.2) is 0 Å². The molecular weight excluding hydrogens is 314 g/mol. The lowest BCUT2D eigenvalue weighted by molar-refractivity contribution is -0.0157. The average Bonchev–Trinajstić information content (AvgIpc) is 3.31. The standard InChI is InChI=1S/C21H37NO3/c1-19(2,3)25-18(23)22-15-13-20(14-16-22,9-10-21(24)11-12-21)17-7-5-4-6-8-17/h17,24H,4-16H2,1-3H3. The van der Waals surface area contributed by atoms with Gasteiger partial charge in [0.25, 0.3) is 0 Å². The molecular formula is C21H37NO3. The molecule has 2 saturated carbocycles. The minimum Gasteiger partial charge on any atom is -0.444 e. The number of aliphatic hydroxyl groups is 1. The summed E-state index contributed by atoms with van der Waals surface area (Å²) in [7, 11) is 0. The van der Waals surface area contributed by atoms with Gasteiger partial charge in [-0.1, -0.05) is 19.3 Å². The van der Waals surface area contributed by atoms with E-state index in [1.54, 1.807) is 0 Å². The van der Waals surface area contributed by atoms with Crippen molar-refractivity contribution >= 4 is 6.09 Å². The van der Waals surface area contributed by atoms with Gasteiger partial charge in [0.1, 0.15) is 5.60 Å². The molecule has 0 aromatic carbocycles. The first-order valence-electron chi connectivity index (χ1n) is 10.4. The smallest absolute Gasteiger partial charge is 0.410 e. The van der Waals surface area contributed by atoms with Gasteiger partial charge in [0.05, 0.1) is 5.60 Å². The van der Waals surface area contributed by atoms with Crippen molar-refractivity contribution in [2.45, 2.75) is 103 Å². The zero-order chi connectivity index (χ0) is 18.1. The van der Waals surface area contributed by atoms with Gasteiger partial charge in [-0.25, -0.2) is 4.79 Å². The van der Waals surface area contributed by atoms with Gasteiger partial charge in [0.15, 0.2) is 0 Å². The second-order valence-corrected chi connectivity index (χ2v) is 9.89. The number of piperidine rings is 1. The van der Waals surface area contributed by atoms with Crippen LogP contribution in [0.3, 0.4) is 0 Å². The normalized spacial score (nSPS) is 26.3. The van der Waals surface area contributed by atoms with E-state index in [0.717, 1.165) is 57.5 Å².